The highest BCUT2D eigenvalue weighted by molar-refractivity contribution is 6.07. The Morgan fingerprint density at radius 2 is 1.88 bits per heavy atom. The number of hydrogen-bond donors (Lipinski definition) is 2. The van der Waals surface area contributed by atoms with Crippen LogP contribution in [-0.2, 0) is 13.1 Å². The van der Waals surface area contributed by atoms with Crippen molar-refractivity contribution in [3.8, 4) is 0 Å². The van der Waals surface area contributed by atoms with Gasteiger partial charge in [0, 0.05) is 43.3 Å². The summed E-state index contributed by atoms with van der Waals surface area (Å²) in [6, 6.07) is 13.0. The van der Waals surface area contributed by atoms with Crippen LogP contribution in [0.2, 0.25) is 0 Å². The van der Waals surface area contributed by atoms with Gasteiger partial charge in [-0.1, -0.05) is 30.3 Å². The molecule has 0 spiro atoms. The van der Waals surface area contributed by atoms with Crippen LogP contribution in [0.1, 0.15) is 60.5 Å². The van der Waals surface area contributed by atoms with Gasteiger partial charge in [-0.05, 0) is 62.3 Å². The second-order valence-electron chi connectivity index (χ2n) is 9.44. The summed E-state index contributed by atoms with van der Waals surface area (Å²) in [7, 11) is 0. The summed E-state index contributed by atoms with van der Waals surface area (Å²) in [6.45, 7) is 5.80. The highest BCUT2D eigenvalue weighted by Crippen LogP contribution is 2.32. The number of aromatic nitrogens is 1. The van der Waals surface area contributed by atoms with E-state index < -0.39 is 5.60 Å². The molecule has 3 aromatic rings. The third-order valence-corrected chi connectivity index (χ3v) is 6.50. The largest absolute Gasteiger partial charge is 0.390 e. The molecule has 1 amide bonds. The number of aliphatic hydroxyl groups is 1. The van der Waals surface area contributed by atoms with Crippen molar-refractivity contribution in [2.24, 2.45) is 5.73 Å². The minimum Gasteiger partial charge on any atom is -0.390 e. The predicted molar refractivity (Wildman–Crippen MR) is 132 cm³/mol. The molecule has 1 aliphatic heterocycles. The van der Waals surface area contributed by atoms with Gasteiger partial charge in [-0.2, -0.15) is 0 Å². The molecule has 0 bridgehead atoms. The summed E-state index contributed by atoms with van der Waals surface area (Å²) in [6.07, 6.45) is 3.97. The molecule has 2 aromatic carbocycles. The Morgan fingerprint density at radius 1 is 1.18 bits per heavy atom. The summed E-state index contributed by atoms with van der Waals surface area (Å²) >= 11 is 0. The maximum atomic E-state index is 14.4. The molecular formula is C26H33ClFN3O2. The van der Waals surface area contributed by atoms with Crippen molar-refractivity contribution in [2.75, 3.05) is 13.1 Å². The molecule has 0 unspecified atom stereocenters. The van der Waals surface area contributed by atoms with Gasteiger partial charge in [0.2, 0.25) is 0 Å². The van der Waals surface area contributed by atoms with Gasteiger partial charge in [0.1, 0.15) is 5.82 Å². The number of aryl methyl sites for hydroxylation is 1. The van der Waals surface area contributed by atoms with Gasteiger partial charge in [0.05, 0.1) is 11.2 Å². The van der Waals surface area contributed by atoms with Crippen LogP contribution in [0.4, 0.5) is 4.39 Å². The number of carbonyl (C=O) groups is 1. The van der Waals surface area contributed by atoms with E-state index in [4.69, 9.17) is 5.73 Å². The maximum absolute atomic E-state index is 14.4. The number of fused-ring (bicyclic) bond motifs is 1. The Morgan fingerprint density at radius 3 is 2.55 bits per heavy atom. The molecule has 0 atom stereocenters. The fourth-order valence-corrected chi connectivity index (χ4v) is 4.59. The second kappa shape index (κ2) is 10.2. The van der Waals surface area contributed by atoms with Gasteiger partial charge < -0.3 is 20.3 Å². The van der Waals surface area contributed by atoms with Crippen LogP contribution < -0.4 is 5.73 Å². The Labute approximate surface area is 200 Å². The molecule has 1 aliphatic rings. The monoisotopic (exact) mass is 473 g/mol. The third kappa shape index (κ3) is 5.57. The number of carbonyl (C=O) groups excluding carboxylic acids is 1. The highest BCUT2D eigenvalue weighted by atomic mass is 35.5. The highest BCUT2D eigenvalue weighted by Gasteiger charge is 2.28. The van der Waals surface area contributed by atoms with Gasteiger partial charge in [-0.3, -0.25) is 4.79 Å². The number of nitrogens with two attached hydrogens (primary N) is 1. The average molecular weight is 474 g/mol. The Balaban J connectivity index is 0.00000306. The number of halogens is 2. The summed E-state index contributed by atoms with van der Waals surface area (Å²) in [5.41, 5.74) is 8.28. The Bertz CT molecular complexity index is 1110. The minimum absolute atomic E-state index is 0. The van der Waals surface area contributed by atoms with E-state index in [2.05, 4.69) is 4.57 Å². The number of para-hydroxylation sites is 1. The lowest BCUT2D eigenvalue weighted by Gasteiger charge is -2.32. The van der Waals surface area contributed by atoms with E-state index in [-0.39, 0.29) is 30.0 Å². The van der Waals surface area contributed by atoms with E-state index in [9.17, 15) is 14.3 Å². The van der Waals surface area contributed by atoms with Crippen LogP contribution >= 0.6 is 12.4 Å². The molecule has 1 aromatic heterocycles. The number of nitrogens with zero attached hydrogens (tertiary/aromatic N) is 2. The lowest BCUT2D eigenvalue weighted by molar-refractivity contribution is 0.0666. The number of rotatable bonds is 6. The van der Waals surface area contributed by atoms with Crippen LogP contribution in [-0.4, -0.2) is 39.2 Å². The molecular weight excluding hydrogens is 441 g/mol. The molecule has 178 valence electrons. The smallest absolute Gasteiger partial charge is 0.256 e. The van der Waals surface area contributed by atoms with Crippen LogP contribution in [0.15, 0.2) is 48.7 Å². The van der Waals surface area contributed by atoms with Crippen molar-refractivity contribution in [3.05, 3.63) is 71.2 Å². The second-order valence-corrected chi connectivity index (χ2v) is 9.44. The van der Waals surface area contributed by atoms with Crippen molar-refractivity contribution in [2.45, 2.75) is 57.7 Å². The fourth-order valence-electron chi connectivity index (χ4n) is 4.59. The van der Waals surface area contributed by atoms with E-state index in [1.165, 1.54) is 6.07 Å². The van der Waals surface area contributed by atoms with Crippen LogP contribution in [0.25, 0.3) is 10.9 Å². The Kier molecular flexibility index (Phi) is 7.83. The van der Waals surface area contributed by atoms with Gasteiger partial charge in [0.15, 0.2) is 0 Å². The quantitative estimate of drug-likeness (QED) is 0.538. The van der Waals surface area contributed by atoms with Crippen molar-refractivity contribution < 1.29 is 14.3 Å². The third-order valence-electron chi connectivity index (χ3n) is 6.50. The molecule has 0 saturated carbocycles. The number of likely N-dealkylation sites (tertiary alicyclic amines) is 1. The molecule has 2 heterocycles. The zero-order chi connectivity index (χ0) is 22.9. The summed E-state index contributed by atoms with van der Waals surface area (Å²) in [5, 5.41) is 11.0. The van der Waals surface area contributed by atoms with E-state index in [0.29, 0.717) is 43.7 Å². The lowest BCUT2D eigenvalue weighted by Crippen LogP contribution is -2.38. The van der Waals surface area contributed by atoms with Gasteiger partial charge >= 0.3 is 0 Å². The van der Waals surface area contributed by atoms with E-state index in [1.54, 1.807) is 19.9 Å². The first kappa shape index (κ1) is 25.2. The van der Waals surface area contributed by atoms with E-state index in [0.717, 1.165) is 29.3 Å². The normalized spacial score (nSPS) is 15.0. The molecule has 0 aliphatic carbocycles. The first-order valence-electron chi connectivity index (χ1n) is 11.3. The number of benzene rings is 2. The van der Waals surface area contributed by atoms with Gasteiger partial charge in [-0.15, -0.1) is 12.4 Å². The molecule has 1 fully saturated rings. The molecule has 1 saturated heterocycles. The van der Waals surface area contributed by atoms with Crippen molar-refractivity contribution >= 4 is 29.2 Å². The molecule has 33 heavy (non-hydrogen) atoms. The number of amides is 1. The lowest BCUT2D eigenvalue weighted by atomic mass is 9.88. The SMILES string of the molecule is CC(C)(O)CCn1cc(C(=O)N2CCC(c3cc(CN)ccc3F)CC2)c2ccccc21.Cl. The van der Waals surface area contributed by atoms with Crippen LogP contribution in [0.5, 0.6) is 0 Å². The fraction of sp³-hybridized carbons (Fsp3) is 0.423. The zero-order valence-corrected chi connectivity index (χ0v) is 20.1. The first-order chi connectivity index (χ1) is 15.3. The van der Waals surface area contributed by atoms with Crippen LogP contribution in [0, 0.1) is 5.82 Å². The molecule has 7 heteroatoms. The molecule has 4 rings (SSSR count). The van der Waals surface area contributed by atoms with Crippen molar-refractivity contribution in [3.63, 3.8) is 0 Å². The zero-order valence-electron chi connectivity index (χ0n) is 19.3. The summed E-state index contributed by atoms with van der Waals surface area (Å²) < 4.78 is 16.5. The topological polar surface area (TPSA) is 71.5 Å². The number of hydrogen-bond acceptors (Lipinski definition) is 3. The van der Waals surface area contributed by atoms with Gasteiger partial charge in [0.25, 0.3) is 5.91 Å². The minimum atomic E-state index is -0.770. The van der Waals surface area contributed by atoms with Gasteiger partial charge in [-0.25, -0.2) is 4.39 Å². The molecule has 5 nitrogen and oxygen atoms in total. The molecule has 0 radical (unpaired) electrons. The summed E-state index contributed by atoms with van der Waals surface area (Å²) in [5.74, 6) is -0.0848. The first-order valence-corrected chi connectivity index (χ1v) is 11.3. The number of piperidine rings is 1. The summed E-state index contributed by atoms with van der Waals surface area (Å²) in [4.78, 5) is 15.3. The standard InChI is InChI=1S/C26H32FN3O2.ClH/c1-26(2,32)11-14-30-17-22(20-5-3-4-6-24(20)30)25(31)29-12-9-19(10-13-29)21-15-18(16-28)7-8-23(21)27;/h3-8,15,17,19,32H,9-14,16,28H2,1-2H3;1H. The predicted octanol–water partition coefficient (Wildman–Crippen LogP) is 4.84. The van der Waals surface area contributed by atoms with E-state index in [1.807, 2.05) is 41.4 Å². The van der Waals surface area contributed by atoms with Crippen LogP contribution in [0.3, 0.4) is 0 Å². The van der Waals surface area contributed by atoms with Crippen molar-refractivity contribution in [1.29, 1.82) is 0 Å². The van der Waals surface area contributed by atoms with E-state index >= 15 is 0 Å². The maximum Gasteiger partial charge on any atom is 0.256 e. The Hall–Kier alpha value is -2.41. The van der Waals surface area contributed by atoms with Crippen molar-refractivity contribution in [1.82, 2.24) is 9.47 Å². The molecule has 3 N–H and O–H groups in total. The average Bonchev–Trinajstić information content (AvgIpc) is 3.16.